The number of pyridine rings is 2. The zero-order valence-electron chi connectivity index (χ0n) is 17.1. The molecule has 0 bridgehead atoms. The summed E-state index contributed by atoms with van der Waals surface area (Å²) in [5.74, 6) is -0.0250. The Morgan fingerprint density at radius 2 is 1.81 bits per heavy atom. The van der Waals surface area contributed by atoms with E-state index >= 15 is 0 Å². The van der Waals surface area contributed by atoms with Gasteiger partial charge in [0.1, 0.15) is 5.03 Å². The van der Waals surface area contributed by atoms with Gasteiger partial charge in [-0.2, -0.15) is 0 Å². The zero-order valence-corrected chi connectivity index (χ0v) is 17.9. The monoisotopic (exact) mass is 440 g/mol. The summed E-state index contributed by atoms with van der Waals surface area (Å²) in [4.78, 5) is 33.3. The quantitative estimate of drug-likeness (QED) is 0.421. The number of hydrogen-bond acceptors (Lipinski definition) is 5. The van der Waals surface area contributed by atoms with Crippen LogP contribution in [-0.4, -0.2) is 21.8 Å². The largest absolute Gasteiger partial charge is 0.326 e. The predicted octanol–water partition coefficient (Wildman–Crippen LogP) is 4.81. The van der Waals surface area contributed by atoms with Crippen LogP contribution in [0, 0.1) is 5.92 Å². The van der Waals surface area contributed by atoms with Crippen molar-refractivity contribution < 1.29 is 9.59 Å². The number of benzene rings is 2. The molecule has 0 spiro atoms. The van der Waals surface area contributed by atoms with Crippen molar-refractivity contribution in [3.05, 3.63) is 96.4 Å². The lowest BCUT2D eigenvalue weighted by Crippen LogP contribution is -2.16. The number of hydrogen-bond donors (Lipinski definition) is 2. The Labute approximate surface area is 189 Å². The minimum absolute atomic E-state index is 0.0250. The molecule has 1 saturated carbocycles. The first-order valence-electron chi connectivity index (χ1n) is 10.3. The van der Waals surface area contributed by atoms with Gasteiger partial charge in [0, 0.05) is 53.1 Å². The summed E-state index contributed by atoms with van der Waals surface area (Å²) in [6, 6.07) is 20.7. The number of amides is 2. The summed E-state index contributed by atoms with van der Waals surface area (Å²) < 4.78 is 2.79. The van der Waals surface area contributed by atoms with Crippen molar-refractivity contribution in [3.8, 4) is 0 Å². The van der Waals surface area contributed by atoms with Crippen LogP contribution in [-0.2, 0) is 4.79 Å². The lowest BCUT2D eigenvalue weighted by Gasteiger charge is -2.07. The topological polar surface area (TPSA) is 84.0 Å². The van der Waals surface area contributed by atoms with Crippen LogP contribution < -0.4 is 10.0 Å². The third-order valence-electron chi connectivity index (χ3n) is 5.52. The molecule has 2 heterocycles. The fraction of sp³-hybridized carbons (Fsp3) is 0.120. The molecule has 2 aromatic carbocycles. The molecule has 5 rings (SSSR count). The van der Waals surface area contributed by atoms with Crippen LogP contribution in [0.3, 0.4) is 0 Å². The average molecular weight is 441 g/mol. The fourth-order valence-corrected chi connectivity index (χ4v) is 4.27. The van der Waals surface area contributed by atoms with Gasteiger partial charge in [-0.25, -0.2) is 4.98 Å². The Morgan fingerprint density at radius 1 is 0.938 bits per heavy atom. The number of nitrogens with zero attached hydrogens (tertiary/aromatic N) is 2. The van der Waals surface area contributed by atoms with Gasteiger partial charge < -0.3 is 5.32 Å². The number of anilines is 1. The molecule has 2 amide bonds. The van der Waals surface area contributed by atoms with Gasteiger partial charge in [-0.05, 0) is 65.8 Å². The minimum atomic E-state index is -0.177. The second-order valence-electron chi connectivity index (χ2n) is 7.70. The van der Waals surface area contributed by atoms with E-state index in [0.717, 1.165) is 33.5 Å². The van der Waals surface area contributed by atoms with Gasteiger partial charge in [-0.3, -0.25) is 19.3 Å². The fourth-order valence-electron chi connectivity index (χ4n) is 3.70. The number of rotatable bonds is 6. The number of fused-ring (bicyclic) bond motifs is 1. The van der Waals surface area contributed by atoms with E-state index in [0.29, 0.717) is 5.56 Å². The van der Waals surface area contributed by atoms with E-state index in [-0.39, 0.29) is 23.7 Å². The third-order valence-corrected chi connectivity index (χ3v) is 6.26. The highest BCUT2D eigenvalue weighted by Gasteiger charge is 2.43. The Kier molecular flexibility index (Phi) is 5.56. The van der Waals surface area contributed by atoms with Gasteiger partial charge in [0.05, 0.1) is 0 Å². The summed E-state index contributed by atoms with van der Waals surface area (Å²) in [6.07, 6.45) is 6.04. The van der Waals surface area contributed by atoms with E-state index in [2.05, 4.69) is 20.0 Å². The van der Waals surface area contributed by atoms with Crippen LogP contribution in [0.25, 0.3) is 10.8 Å². The lowest BCUT2D eigenvalue weighted by molar-refractivity contribution is -0.117. The maximum atomic E-state index is 12.7. The van der Waals surface area contributed by atoms with Gasteiger partial charge in [-0.15, -0.1) is 0 Å². The van der Waals surface area contributed by atoms with E-state index < -0.39 is 0 Å². The highest BCUT2D eigenvalue weighted by Crippen LogP contribution is 2.48. The standard InChI is InChI=1S/C25H20N4O2S/c30-24(29-32-23-3-1-2-11-27-23)17-6-4-16(5-7-17)21-14-22(21)25(31)28-20-9-8-19-15-26-12-10-18(19)13-20/h1-13,15,21-22H,14H2,(H,28,31)(H,29,30)/t21-,22+/m0/s1. The number of carbonyl (C=O) groups is 2. The second kappa shape index (κ2) is 8.80. The maximum Gasteiger partial charge on any atom is 0.261 e. The number of carbonyl (C=O) groups excluding carboxylic acids is 2. The molecule has 0 aliphatic heterocycles. The minimum Gasteiger partial charge on any atom is -0.326 e. The molecule has 2 aromatic heterocycles. The highest BCUT2D eigenvalue weighted by molar-refractivity contribution is 7.97. The molecule has 1 fully saturated rings. The summed E-state index contributed by atoms with van der Waals surface area (Å²) in [7, 11) is 0. The van der Waals surface area contributed by atoms with Gasteiger partial charge in [-0.1, -0.05) is 24.3 Å². The van der Waals surface area contributed by atoms with E-state index in [9.17, 15) is 9.59 Å². The van der Waals surface area contributed by atoms with E-state index in [1.54, 1.807) is 30.7 Å². The average Bonchev–Trinajstić information content (AvgIpc) is 3.64. The summed E-state index contributed by atoms with van der Waals surface area (Å²) in [5, 5.41) is 5.84. The molecule has 32 heavy (non-hydrogen) atoms. The van der Waals surface area contributed by atoms with Crippen molar-refractivity contribution in [3.63, 3.8) is 0 Å². The highest BCUT2D eigenvalue weighted by atomic mass is 32.2. The Morgan fingerprint density at radius 3 is 2.62 bits per heavy atom. The van der Waals surface area contributed by atoms with Gasteiger partial charge in [0.2, 0.25) is 5.91 Å². The van der Waals surface area contributed by atoms with Crippen molar-refractivity contribution in [1.29, 1.82) is 0 Å². The number of aromatic nitrogens is 2. The molecule has 1 aliphatic rings. The summed E-state index contributed by atoms with van der Waals surface area (Å²) >= 11 is 1.18. The molecule has 0 radical (unpaired) electrons. The zero-order chi connectivity index (χ0) is 21.9. The first kappa shape index (κ1) is 20.2. The van der Waals surface area contributed by atoms with Crippen LogP contribution >= 0.6 is 11.9 Å². The molecule has 0 saturated heterocycles. The van der Waals surface area contributed by atoms with Crippen LogP contribution in [0.2, 0.25) is 0 Å². The Hall–Kier alpha value is -3.71. The first-order chi connectivity index (χ1) is 15.7. The second-order valence-corrected chi connectivity index (χ2v) is 8.53. The van der Waals surface area contributed by atoms with E-state index in [1.807, 2.05) is 54.6 Å². The smallest absolute Gasteiger partial charge is 0.261 e. The molecule has 1 aliphatic carbocycles. The van der Waals surface area contributed by atoms with Crippen molar-refractivity contribution in [2.45, 2.75) is 17.4 Å². The Bertz CT molecular complexity index is 1280. The first-order valence-corrected chi connectivity index (χ1v) is 11.1. The summed E-state index contributed by atoms with van der Waals surface area (Å²) in [6.45, 7) is 0. The maximum absolute atomic E-state index is 12.7. The van der Waals surface area contributed by atoms with Crippen LogP contribution in [0.15, 0.2) is 90.3 Å². The van der Waals surface area contributed by atoms with Gasteiger partial charge >= 0.3 is 0 Å². The SMILES string of the molecule is O=C(NSc1ccccn1)c1ccc([C@@H]2C[C@H]2C(=O)Nc2ccc3cnccc3c2)cc1. The van der Waals surface area contributed by atoms with Crippen LogP contribution in [0.1, 0.15) is 28.3 Å². The molecule has 4 aromatic rings. The normalized spacial score (nSPS) is 17.0. The molecular formula is C25H20N4O2S. The van der Waals surface area contributed by atoms with Crippen LogP contribution in [0.4, 0.5) is 5.69 Å². The third kappa shape index (κ3) is 4.48. The predicted molar refractivity (Wildman–Crippen MR) is 125 cm³/mol. The van der Waals surface area contributed by atoms with Crippen molar-refractivity contribution in [2.24, 2.45) is 5.92 Å². The van der Waals surface area contributed by atoms with Gasteiger partial charge in [0.15, 0.2) is 0 Å². The Balaban J connectivity index is 1.17. The molecule has 158 valence electrons. The van der Waals surface area contributed by atoms with E-state index in [4.69, 9.17) is 0 Å². The van der Waals surface area contributed by atoms with E-state index in [1.165, 1.54) is 11.9 Å². The molecule has 6 nitrogen and oxygen atoms in total. The van der Waals surface area contributed by atoms with Crippen molar-refractivity contribution in [2.75, 3.05) is 5.32 Å². The molecule has 0 unspecified atom stereocenters. The molecule has 7 heteroatoms. The number of nitrogens with one attached hydrogen (secondary N) is 2. The lowest BCUT2D eigenvalue weighted by atomic mass is 10.1. The molecule has 2 atom stereocenters. The molecular weight excluding hydrogens is 420 g/mol. The van der Waals surface area contributed by atoms with Crippen LogP contribution in [0.5, 0.6) is 0 Å². The summed E-state index contributed by atoms with van der Waals surface area (Å²) in [5.41, 5.74) is 2.44. The van der Waals surface area contributed by atoms with Gasteiger partial charge in [0.25, 0.3) is 5.91 Å². The van der Waals surface area contributed by atoms with Crippen molar-refractivity contribution >= 4 is 40.2 Å². The molecule has 2 N–H and O–H groups in total. The van der Waals surface area contributed by atoms with Crippen molar-refractivity contribution in [1.82, 2.24) is 14.7 Å².